The van der Waals surface area contributed by atoms with Gasteiger partial charge in [-0.05, 0) is 18.6 Å². The summed E-state index contributed by atoms with van der Waals surface area (Å²) in [7, 11) is 0. The lowest BCUT2D eigenvalue weighted by Gasteiger charge is -2.27. The summed E-state index contributed by atoms with van der Waals surface area (Å²) in [4.78, 5) is 22.0. The predicted octanol–water partition coefficient (Wildman–Crippen LogP) is 4.16. The zero-order valence-corrected chi connectivity index (χ0v) is 15.8. The minimum Gasteiger partial charge on any atom is -0.460 e. The summed E-state index contributed by atoms with van der Waals surface area (Å²) in [6.07, 6.45) is 4.84. The van der Waals surface area contributed by atoms with Gasteiger partial charge in [-0.2, -0.15) is 0 Å². The van der Waals surface area contributed by atoms with Gasteiger partial charge in [0.05, 0.1) is 11.5 Å². The van der Waals surface area contributed by atoms with Crippen LogP contribution < -0.4 is 0 Å². The molecule has 2 aromatic heterocycles. The molecule has 28 heavy (non-hydrogen) atoms. The maximum atomic E-state index is 11.0. The van der Waals surface area contributed by atoms with Crippen molar-refractivity contribution in [3.63, 3.8) is 0 Å². The molecule has 7 nitrogen and oxygen atoms in total. The monoisotopic (exact) mass is 378 g/mol. The van der Waals surface area contributed by atoms with Gasteiger partial charge in [0.2, 0.25) is 0 Å². The Balaban J connectivity index is 1.45. The third-order valence-corrected chi connectivity index (χ3v) is 4.92. The van der Waals surface area contributed by atoms with Gasteiger partial charge in [-0.3, -0.25) is 15.0 Å². The van der Waals surface area contributed by atoms with Crippen LogP contribution in [-0.4, -0.2) is 26.3 Å². The van der Waals surface area contributed by atoms with E-state index >= 15 is 0 Å². The van der Waals surface area contributed by atoms with E-state index in [0.717, 1.165) is 49.6 Å². The molecular weight excluding hydrogens is 356 g/mol. The van der Waals surface area contributed by atoms with Crippen LogP contribution in [0, 0.1) is 10.1 Å². The number of hydrogen-bond donors (Lipinski definition) is 0. The first-order valence-corrected chi connectivity index (χ1v) is 9.52. The smallest absolute Gasteiger partial charge is 0.270 e. The van der Waals surface area contributed by atoms with Gasteiger partial charge in [-0.25, -0.2) is 9.97 Å². The summed E-state index contributed by atoms with van der Waals surface area (Å²) >= 11 is 0. The number of aryl methyl sites for hydroxylation is 1. The maximum Gasteiger partial charge on any atom is 0.270 e. The van der Waals surface area contributed by atoms with Crippen LogP contribution in [0.5, 0.6) is 0 Å². The van der Waals surface area contributed by atoms with Crippen molar-refractivity contribution in [1.82, 2.24) is 14.9 Å². The van der Waals surface area contributed by atoms with Crippen molar-refractivity contribution < 1.29 is 9.34 Å². The molecule has 1 aliphatic rings. The topological polar surface area (TPSA) is 85.3 Å². The summed E-state index contributed by atoms with van der Waals surface area (Å²) < 4.78 is 5.95. The van der Waals surface area contributed by atoms with E-state index in [1.807, 2.05) is 24.4 Å². The number of nitrogens with zero attached hydrogens (tertiary/aromatic N) is 4. The van der Waals surface area contributed by atoms with Crippen molar-refractivity contribution in [2.75, 3.05) is 6.54 Å². The fourth-order valence-electron chi connectivity index (χ4n) is 3.51. The lowest BCUT2D eigenvalue weighted by atomic mass is 10.1. The quantitative estimate of drug-likeness (QED) is 0.473. The molecule has 0 amide bonds. The van der Waals surface area contributed by atoms with Crippen molar-refractivity contribution in [2.45, 2.75) is 39.3 Å². The molecule has 3 aromatic rings. The minimum atomic E-state index is -0.396. The number of furan rings is 1. The Labute approximate surface area is 163 Å². The van der Waals surface area contributed by atoms with Crippen molar-refractivity contribution in [1.29, 1.82) is 0 Å². The second-order valence-electron chi connectivity index (χ2n) is 7.04. The molecule has 0 bridgehead atoms. The molecule has 0 saturated heterocycles. The summed E-state index contributed by atoms with van der Waals surface area (Å²) in [6, 6.07) is 10.3. The molecular formula is C21H22N4O3. The van der Waals surface area contributed by atoms with Crippen LogP contribution in [0.4, 0.5) is 5.69 Å². The SMILES string of the molecule is CCCc1ncc2c(n1)CCN(Cc1ccc(-c3cccc([N+](=O)[O-])c3)o1)C2. The first kappa shape index (κ1) is 18.3. The van der Waals surface area contributed by atoms with Gasteiger partial charge in [0.25, 0.3) is 5.69 Å². The van der Waals surface area contributed by atoms with Gasteiger partial charge in [-0.1, -0.05) is 19.1 Å². The van der Waals surface area contributed by atoms with Crippen molar-refractivity contribution in [2.24, 2.45) is 0 Å². The fraction of sp³-hybridized carbons (Fsp3) is 0.333. The Morgan fingerprint density at radius 3 is 3.00 bits per heavy atom. The molecule has 0 aliphatic carbocycles. The Bertz CT molecular complexity index is 999. The molecule has 1 aliphatic heterocycles. The van der Waals surface area contributed by atoms with Crippen LogP contribution in [0.2, 0.25) is 0 Å². The Kier molecular flexibility index (Phi) is 5.16. The highest BCUT2D eigenvalue weighted by molar-refractivity contribution is 5.61. The van der Waals surface area contributed by atoms with Crippen LogP contribution in [0.15, 0.2) is 47.0 Å². The van der Waals surface area contributed by atoms with E-state index in [1.54, 1.807) is 6.07 Å². The van der Waals surface area contributed by atoms with E-state index in [4.69, 9.17) is 9.40 Å². The number of fused-ring (bicyclic) bond motifs is 1. The normalized spacial score (nSPS) is 14.0. The summed E-state index contributed by atoms with van der Waals surface area (Å²) in [6.45, 7) is 4.54. The average Bonchev–Trinajstić information content (AvgIpc) is 3.17. The van der Waals surface area contributed by atoms with Gasteiger partial charge in [0, 0.05) is 61.1 Å². The number of rotatable bonds is 6. The predicted molar refractivity (Wildman–Crippen MR) is 105 cm³/mol. The molecule has 7 heteroatoms. The van der Waals surface area contributed by atoms with Gasteiger partial charge in [0.15, 0.2) is 0 Å². The van der Waals surface area contributed by atoms with Gasteiger partial charge in [0.1, 0.15) is 17.3 Å². The van der Waals surface area contributed by atoms with E-state index in [2.05, 4.69) is 16.8 Å². The van der Waals surface area contributed by atoms with Gasteiger partial charge < -0.3 is 4.42 Å². The van der Waals surface area contributed by atoms with E-state index in [-0.39, 0.29) is 5.69 Å². The van der Waals surface area contributed by atoms with Gasteiger partial charge in [-0.15, -0.1) is 0 Å². The van der Waals surface area contributed by atoms with Crippen LogP contribution >= 0.6 is 0 Å². The highest BCUT2D eigenvalue weighted by Crippen LogP contribution is 2.27. The Morgan fingerprint density at radius 1 is 1.29 bits per heavy atom. The summed E-state index contributed by atoms with van der Waals surface area (Å²) in [5.41, 5.74) is 3.11. The van der Waals surface area contributed by atoms with Crippen LogP contribution in [0.3, 0.4) is 0 Å². The third-order valence-electron chi connectivity index (χ3n) is 4.92. The second-order valence-corrected chi connectivity index (χ2v) is 7.04. The number of aromatic nitrogens is 2. The van der Waals surface area contributed by atoms with E-state index in [0.29, 0.717) is 17.9 Å². The summed E-state index contributed by atoms with van der Waals surface area (Å²) in [5, 5.41) is 11.0. The lowest BCUT2D eigenvalue weighted by molar-refractivity contribution is -0.384. The molecule has 0 atom stereocenters. The van der Waals surface area contributed by atoms with Crippen molar-refractivity contribution in [3.8, 4) is 11.3 Å². The van der Waals surface area contributed by atoms with E-state index in [1.165, 1.54) is 17.7 Å². The lowest BCUT2D eigenvalue weighted by Crippen LogP contribution is -2.31. The summed E-state index contributed by atoms with van der Waals surface area (Å²) in [5.74, 6) is 2.42. The minimum absolute atomic E-state index is 0.0607. The largest absolute Gasteiger partial charge is 0.460 e. The molecule has 0 saturated carbocycles. The zero-order chi connectivity index (χ0) is 19.5. The fourth-order valence-corrected chi connectivity index (χ4v) is 3.51. The highest BCUT2D eigenvalue weighted by atomic mass is 16.6. The standard InChI is InChI=1S/C21H22N4O3/c1-2-4-21-22-12-16-13-24(10-9-19(16)23-21)14-18-7-8-20(28-18)15-5-3-6-17(11-15)25(26)27/h3,5-8,11-12H,2,4,9-10,13-14H2,1H3. The third kappa shape index (κ3) is 3.94. The molecule has 0 fully saturated rings. The average molecular weight is 378 g/mol. The molecule has 1 aromatic carbocycles. The molecule has 0 N–H and O–H groups in total. The Hall–Kier alpha value is -3.06. The number of non-ortho nitro benzene ring substituents is 1. The molecule has 0 radical (unpaired) electrons. The van der Waals surface area contributed by atoms with Gasteiger partial charge >= 0.3 is 0 Å². The highest BCUT2D eigenvalue weighted by Gasteiger charge is 2.20. The van der Waals surface area contributed by atoms with Crippen LogP contribution in [0.25, 0.3) is 11.3 Å². The Morgan fingerprint density at radius 2 is 2.18 bits per heavy atom. The maximum absolute atomic E-state index is 11.0. The van der Waals surface area contributed by atoms with E-state index in [9.17, 15) is 10.1 Å². The number of benzene rings is 1. The number of nitro benzene ring substituents is 1. The first-order chi connectivity index (χ1) is 13.6. The molecule has 0 unspecified atom stereocenters. The van der Waals surface area contributed by atoms with Crippen LogP contribution in [-0.2, 0) is 25.9 Å². The molecule has 3 heterocycles. The molecule has 144 valence electrons. The van der Waals surface area contributed by atoms with Crippen molar-refractivity contribution in [3.05, 3.63) is 75.6 Å². The van der Waals surface area contributed by atoms with Crippen LogP contribution in [0.1, 0.15) is 36.2 Å². The van der Waals surface area contributed by atoms with E-state index < -0.39 is 4.92 Å². The first-order valence-electron chi connectivity index (χ1n) is 9.52. The zero-order valence-electron chi connectivity index (χ0n) is 15.8. The molecule has 0 spiro atoms. The second kappa shape index (κ2) is 7.90. The number of hydrogen-bond acceptors (Lipinski definition) is 6. The van der Waals surface area contributed by atoms with Crippen molar-refractivity contribution >= 4 is 5.69 Å². The molecule has 4 rings (SSSR count). The number of nitro groups is 1.